The largest absolute Gasteiger partial charge is 0.457 e. The van der Waals surface area contributed by atoms with Crippen molar-refractivity contribution >= 4 is 76.5 Å². The molecule has 0 unspecified atom stereocenters. The van der Waals surface area contributed by atoms with Gasteiger partial charge in [-0.2, -0.15) is 13.1 Å². The van der Waals surface area contributed by atoms with E-state index in [-0.39, 0.29) is 60.3 Å². The number of carbonyl (C=O) groups excluding carboxylic acids is 3. The Morgan fingerprint density at radius 2 is 2.00 bits per heavy atom. The molecule has 2 fully saturated rings. The normalized spacial score (nSPS) is 24.5. The summed E-state index contributed by atoms with van der Waals surface area (Å²) in [5, 5.41) is 3.92. The number of hydrogen-bond donors (Lipinski definition) is 3. The fraction of sp³-hybridized carbons (Fsp3) is 0.529. The summed E-state index contributed by atoms with van der Waals surface area (Å²) in [5.41, 5.74) is 7.13. The smallest absolute Gasteiger partial charge is 0.355 e. The van der Waals surface area contributed by atoms with E-state index >= 15 is 0 Å². The van der Waals surface area contributed by atoms with Crippen LogP contribution in [0.1, 0.15) is 38.8 Å². The van der Waals surface area contributed by atoms with E-state index in [4.69, 9.17) is 23.8 Å². The third-order valence-corrected chi connectivity index (χ3v) is 17.9. The second kappa shape index (κ2) is 16.0. The Morgan fingerprint density at radius 1 is 1.24 bits per heavy atom. The van der Waals surface area contributed by atoms with Crippen LogP contribution in [0.15, 0.2) is 54.1 Å². The van der Waals surface area contributed by atoms with Gasteiger partial charge in [-0.15, -0.1) is 23.1 Å². The lowest BCUT2D eigenvalue weighted by atomic mass is 10.0. The molecule has 6 rings (SSSR count). The van der Waals surface area contributed by atoms with Crippen LogP contribution in [0, 0.1) is 5.92 Å². The fourth-order valence-electron chi connectivity index (χ4n) is 6.19. The average Bonchev–Trinajstić information content (AvgIpc) is 3.87. The highest BCUT2D eigenvalue weighted by Gasteiger charge is 2.55. The monoisotopic (exact) mass is 834 g/mol. The molecule has 6 atom stereocenters. The molecule has 6 heterocycles. The number of hydrogen-bond acceptors (Lipinski definition) is 15. The number of anilines is 1. The number of rotatable bonds is 15. The van der Waals surface area contributed by atoms with Crippen molar-refractivity contribution in [3.05, 3.63) is 59.0 Å². The second-order valence-electron chi connectivity index (χ2n) is 15.0. The maximum atomic E-state index is 13.4. The highest BCUT2D eigenvalue weighted by Crippen LogP contribution is 2.45. The molecule has 21 heteroatoms. The van der Waals surface area contributed by atoms with E-state index in [1.807, 2.05) is 24.4 Å². The third-order valence-electron chi connectivity index (χ3n) is 10.3. The number of thioether (sulfide) groups is 1. The molecule has 3 aromatic heterocycles. The van der Waals surface area contributed by atoms with Crippen molar-refractivity contribution in [2.75, 3.05) is 31.2 Å². The van der Waals surface area contributed by atoms with Gasteiger partial charge in [0.15, 0.2) is 26.0 Å². The van der Waals surface area contributed by atoms with Crippen molar-refractivity contribution in [3.8, 4) is 0 Å². The first-order valence-electron chi connectivity index (χ1n) is 17.6. The van der Waals surface area contributed by atoms with E-state index in [0.717, 1.165) is 4.88 Å². The molecular formula is C34H46N8O9S3Si. The maximum Gasteiger partial charge on any atom is 0.355 e. The van der Waals surface area contributed by atoms with E-state index in [9.17, 15) is 22.8 Å². The number of amides is 2. The molecule has 3 aliphatic rings. The predicted octanol–water partition coefficient (Wildman–Crippen LogP) is 2.87. The summed E-state index contributed by atoms with van der Waals surface area (Å²) in [6.45, 7) is 15.3. The molecule has 3 aromatic rings. The summed E-state index contributed by atoms with van der Waals surface area (Å²) >= 11 is 2.73. The average molecular weight is 835 g/mol. The summed E-state index contributed by atoms with van der Waals surface area (Å²) in [5.74, 6) is -1.58. The predicted molar refractivity (Wildman–Crippen MR) is 209 cm³/mol. The Bertz CT molecular complexity index is 2090. The number of nitrogens with two attached hydrogens (primary N) is 1. The van der Waals surface area contributed by atoms with Crippen LogP contribution < -0.4 is 15.8 Å². The van der Waals surface area contributed by atoms with Gasteiger partial charge in [0.1, 0.15) is 35.6 Å². The van der Waals surface area contributed by atoms with Gasteiger partial charge in [-0.1, -0.05) is 46.4 Å². The van der Waals surface area contributed by atoms with Gasteiger partial charge in [-0.3, -0.25) is 23.2 Å². The molecule has 298 valence electrons. The number of imidazole rings is 1. The third kappa shape index (κ3) is 8.53. The van der Waals surface area contributed by atoms with Gasteiger partial charge in [0.25, 0.3) is 5.91 Å². The zero-order chi connectivity index (χ0) is 39.9. The van der Waals surface area contributed by atoms with Crippen LogP contribution in [0.3, 0.4) is 0 Å². The van der Waals surface area contributed by atoms with Gasteiger partial charge in [-0.25, -0.2) is 19.7 Å². The molecule has 0 saturated carbocycles. The van der Waals surface area contributed by atoms with E-state index in [1.54, 1.807) is 10.9 Å². The topological polar surface area (TPSA) is 219 Å². The number of esters is 1. The van der Waals surface area contributed by atoms with Gasteiger partial charge in [0.05, 0.1) is 31.6 Å². The number of ether oxygens (including phenoxy) is 2. The lowest BCUT2D eigenvalue weighted by Gasteiger charge is -2.49. The standard InChI is InChI=1S/C34H46N8O9S3Si/c1-8-11-48-33(45)26-20(16-53-32-25(30(44)42(26)32)40-23(43)13-21-10-9-12-52-21)14-39-54(46,47)49-15-22-19(2)27(51-55(6,7)34(3,4)5)31(50-22)41-18-38-24-28(35)36-17-37-29(24)41/h8-10,12,17-19,22,25,27,31-32,39H,1,11,13-16H2,2-7H3,(H,40,43)(H2,35,36,37)/t19-,22-,25-,27-,31-,32-/m1/s1. The van der Waals surface area contributed by atoms with Crippen LogP contribution in [0.25, 0.3) is 11.2 Å². The number of nitrogens with zero attached hydrogens (tertiary/aromatic N) is 5. The Balaban J connectivity index is 1.15. The van der Waals surface area contributed by atoms with Crippen molar-refractivity contribution in [1.82, 2.24) is 34.5 Å². The summed E-state index contributed by atoms with van der Waals surface area (Å²) in [6, 6.07) is 2.81. The number of fused-ring (bicyclic) bond motifs is 2. The molecule has 17 nitrogen and oxygen atoms in total. The number of nitrogen functional groups attached to an aromatic ring is 1. The van der Waals surface area contributed by atoms with Crippen molar-refractivity contribution in [3.63, 3.8) is 0 Å². The molecule has 0 spiro atoms. The van der Waals surface area contributed by atoms with Crippen LogP contribution >= 0.6 is 23.1 Å². The zero-order valence-corrected chi connectivity index (χ0v) is 34.8. The van der Waals surface area contributed by atoms with Gasteiger partial charge in [0, 0.05) is 23.1 Å². The van der Waals surface area contributed by atoms with E-state index in [2.05, 4.69) is 65.4 Å². The van der Waals surface area contributed by atoms with Crippen LogP contribution in [-0.2, 0) is 49.2 Å². The van der Waals surface area contributed by atoms with Gasteiger partial charge in [0.2, 0.25) is 5.91 Å². The Labute approximate surface area is 328 Å². The highest BCUT2D eigenvalue weighted by molar-refractivity contribution is 8.00. The highest BCUT2D eigenvalue weighted by atomic mass is 32.2. The number of aromatic nitrogens is 4. The van der Waals surface area contributed by atoms with Crippen molar-refractivity contribution in [1.29, 1.82) is 0 Å². The number of β-lactam (4-membered cyclic amide) rings is 1. The minimum atomic E-state index is -4.41. The van der Waals surface area contributed by atoms with Crippen LogP contribution in [0.4, 0.5) is 5.82 Å². The van der Waals surface area contributed by atoms with Crippen molar-refractivity contribution in [2.24, 2.45) is 5.92 Å². The summed E-state index contributed by atoms with van der Waals surface area (Å²) in [4.78, 5) is 54.2. The van der Waals surface area contributed by atoms with Crippen molar-refractivity contribution < 1.29 is 40.9 Å². The molecule has 0 radical (unpaired) electrons. The number of thiophene rings is 1. The SMILES string of the molecule is C=CCOC(=O)C1=C(CNS(=O)(=O)OC[C@H]2O[C@@H](n3cnc4c(N)ncnc43)[C@H](O[Si](C)(C)C(C)(C)C)[C@@H]2C)CS[C@@H]2[C@H](NC(=O)Cc3cccs3)C(=O)N12. The first kappa shape index (κ1) is 40.9. The maximum absolute atomic E-state index is 13.4. The lowest BCUT2D eigenvalue weighted by molar-refractivity contribution is -0.152. The first-order valence-corrected chi connectivity index (χ1v) is 23.8. The molecule has 55 heavy (non-hydrogen) atoms. The Hall–Kier alpha value is -3.70. The molecule has 0 bridgehead atoms. The minimum Gasteiger partial charge on any atom is -0.457 e. The zero-order valence-electron chi connectivity index (χ0n) is 31.4. The quantitative estimate of drug-likeness (QED) is 0.0869. The van der Waals surface area contributed by atoms with E-state index in [1.165, 1.54) is 40.4 Å². The van der Waals surface area contributed by atoms with Crippen LogP contribution in [-0.4, -0.2) is 108 Å². The Morgan fingerprint density at radius 3 is 2.69 bits per heavy atom. The van der Waals surface area contributed by atoms with Gasteiger partial charge < -0.3 is 25.0 Å². The molecule has 2 saturated heterocycles. The second-order valence-corrected chi connectivity index (χ2v) is 23.3. The molecule has 3 aliphatic heterocycles. The lowest BCUT2D eigenvalue weighted by Crippen LogP contribution is -2.70. The van der Waals surface area contributed by atoms with E-state index < -0.39 is 60.3 Å². The summed E-state index contributed by atoms with van der Waals surface area (Å²) in [6.07, 6.45) is 2.42. The summed E-state index contributed by atoms with van der Waals surface area (Å²) in [7, 11) is -6.78. The van der Waals surface area contributed by atoms with Gasteiger partial charge >= 0.3 is 16.3 Å². The first-order chi connectivity index (χ1) is 25.9. The molecule has 4 N–H and O–H groups in total. The van der Waals surface area contributed by atoms with E-state index in [0.29, 0.717) is 16.7 Å². The number of carbonyl (C=O) groups is 3. The fourth-order valence-corrected chi connectivity index (χ4v) is 10.3. The van der Waals surface area contributed by atoms with Gasteiger partial charge in [-0.05, 0) is 35.2 Å². The van der Waals surface area contributed by atoms with Crippen LogP contribution in [0.5, 0.6) is 0 Å². The molecule has 0 aliphatic carbocycles. The minimum absolute atomic E-state index is 0.0831. The van der Waals surface area contributed by atoms with Crippen LogP contribution in [0.2, 0.25) is 18.1 Å². The molecule has 2 amide bonds. The summed E-state index contributed by atoms with van der Waals surface area (Å²) < 4.78 is 54.9. The number of nitrogens with one attached hydrogen (secondary N) is 2. The van der Waals surface area contributed by atoms with Crippen molar-refractivity contribution in [2.45, 2.75) is 82.1 Å². The molecule has 0 aromatic carbocycles. The Kier molecular flexibility index (Phi) is 11.9. The molecular weight excluding hydrogens is 789 g/mol.